The fraction of sp³-hybridized carbons (Fsp3) is 0.182. The standard InChI is InChI=1S/C11H9Br3O2/c1-6(2)11(15)16-5-8-9(13)3-7(12)4-10(8)14/h3-4H,1,5H2,2H3. The smallest absolute Gasteiger partial charge is 0.333 e. The summed E-state index contributed by atoms with van der Waals surface area (Å²) in [7, 11) is 0. The van der Waals surface area contributed by atoms with E-state index in [0.29, 0.717) is 5.57 Å². The van der Waals surface area contributed by atoms with Crippen LogP contribution < -0.4 is 0 Å². The molecule has 0 saturated carbocycles. The minimum atomic E-state index is -0.387. The van der Waals surface area contributed by atoms with E-state index in [4.69, 9.17) is 4.74 Å². The Kier molecular flexibility index (Phi) is 5.21. The number of benzene rings is 1. The van der Waals surface area contributed by atoms with Crippen LogP contribution in [0.3, 0.4) is 0 Å². The lowest BCUT2D eigenvalue weighted by Gasteiger charge is -2.09. The largest absolute Gasteiger partial charge is 0.457 e. The van der Waals surface area contributed by atoms with Gasteiger partial charge in [0.2, 0.25) is 0 Å². The quantitative estimate of drug-likeness (QED) is 0.536. The molecule has 0 unspecified atom stereocenters. The van der Waals surface area contributed by atoms with Gasteiger partial charge in [0.15, 0.2) is 0 Å². The van der Waals surface area contributed by atoms with Crippen molar-refractivity contribution in [2.24, 2.45) is 0 Å². The second-order valence-corrected chi connectivity index (χ2v) is 5.83. The van der Waals surface area contributed by atoms with Crippen molar-refractivity contribution >= 4 is 53.8 Å². The van der Waals surface area contributed by atoms with E-state index in [1.807, 2.05) is 12.1 Å². The zero-order valence-corrected chi connectivity index (χ0v) is 13.3. The number of rotatable bonds is 3. The van der Waals surface area contributed by atoms with E-state index >= 15 is 0 Å². The molecular formula is C11H9Br3O2. The first-order chi connectivity index (χ1) is 7.41. The summed E-state index contributed by atoms with van der Waals surface area (Å²) < 4.78 is 7.78. The Morgan fingerprint density at radius 1 is 1.31 bits per heavy atom. The number of ether oxygens (including phenoxy) is 1. The van der Waals surface area contributed by atoms with Crippen molar-refractivity contribution in [3.05, 3.63) is 43.3 Å². The highest BCUT2D eigenvalue weighted by molar-refractivity contribution is 9.11. The summed E-state index contributed by atoms with van der Waals surface area (Å²) >= 11 is 10.2. The molecule has 1 rings (SSSR count). The molecule has 0 aliphatic rings. The number of carbonyl (C=O) groups is 1. The molecule has 0 atom stereocenters. The summed E-state index contributed by atoms with van der Waals surface area (Å²) in [5, 5.41) is 0. The highest BCUT2D eigenvalue weighted by Gasteiger charge is 2.10. The third kappa shape index (κ3) is 3.71. The minimum absolute atomic E-state index is 0.208. The first-order valence-electron chi connectivity index (χ1n) is 4.38. The monoisotopic (exact) mass is 410 g/mol. The van der Waals surface area contributed by atoms with Crippen molar-refractivity contribution in [1.29, 1.82) is 0 Å². The third-order valence-electron chi connectivity index (χ3n) is 1.80. The zero-order valence-electron chi connectivity index (χ0n) is 8.52. The van der Waals surface area contributed by atoms with Gasteiger partial charge in [0, 0.05) is 24.6 Å². The first kappa shape index (κ1) is 13.9. The average molecular weight is 413 g/mol. The van der Waals surface area contributed by atoms with Crippen molar-refractivity contribution in [3.63, 3.8) is 0 Å². The van der Waals surface area contributed by atoms with Crippen LogP contribution in [-0.2, 0) is 16.1 Å². The first-order valence-corrected chi connectivity index (χ1v) is 6.75. The van der Waals surface area contributed by atoms with E-state index in [9.17, 15) is 4.79 Å². The number of hydrogen-bond donors (Lipinski definition) is 0. The van der Waals surface area contributed by atoms with Gasteiger partial charge in [-0.15, -0.1) is 0 Å². The van der Waals surface area contributed by atoms with Crippen LogP contribution in [0.1, 0.15) is 12.5 Å². The molecule has 0 spiro atoms. The second kappa shape index (κ2) is 5.98. The van der Waals surface area contributed by atoms with Crippen LogP contribution >= 0.6 is 47.8 Å². The number of halogens is 3. The van der Waals surface area contributed by atoms with Crippen molar-refractivity contribution < 1.29 is 9.53 Å². The summed E-state index contributed by atoms with van der Waals surface area (Å²) in [6, 6.07) is 3.80. The lowest BCUT2D eigenvalue weighted by molar-refractivity contribution is -0.140. The molecule has 0 fully saturated rings. The Labute approximate surface area is 119 Å². The molecule has 5 heteroatoms. The van der Waals surface area contributed by atoms with Gasteiger partial charge in [0.25, 0.3) is 0 Å². The molecular weight excluding hydrogens is 404 g/mol. The third-order valence-corrected chi connectivity index (χ3v) is 3.67. The van der Waals surface area contributed by atoms with E-state index in [1.54, 1.807) is 6.92 Å². The maximum atomic E-state index is 11.2. The zero-order chi connectivity index (χ0) is 12.3. The molecule has 2 nitrogen and oxygen atoms in total. The normalized spacial score (nSPS) is 10.0. The Morgan fingerprint density at radius 2 is 1.81 bits per heavy atom. The fourth-order valence-electron chi connectivity index (χ4n) is 0.971. The summed E-state index contributed by atoms with van der Waals surface area (Å²) in [5.74, 6) is -0.387. The highest BCUT2D eigenvalue weighted by atomic mass is 79.9. The molecule has 16 heavy (non-hydrogen) atoms. The van der Waals surface area contributed by atoms with Crippen molar-refractivity contribution in [1.82, 2.24) is 0 Å². The summed E-state index contributed by atoms with van der Waals surface area (Å²) in [5.41, 5.74) is 1.28. The van der Waals surface area contributed by atoms with E-state index in [-0.39, 0.29) is 12.6 Å². The number of hydrogen-bond acceptors (Lipinski definition) is 2. The lowest BCUT2D eigenvalue weighted by Crippen LogP contribution is -2.05. The molecule has 0 aliphatic carbocycles. The van der Waals surface area contributed by atoms with Gasteiger partial charge in [-0.3, -0.25) is 0 Å². The van der Waals surface area contributed by atoms with Gasteiger partial charge >= 0.3 is 5.97 Å². The fourth-order valence-corrected chi connectivity index (χ4v) is 3.46. The minimum Gasteiger partial charge on any atom is -0.457 e. The predicted octanol–water partition coefficient (Wildman–Crippen LogP) is 4.59. The molecule has 0 saturated heterocycles. The van der Waals surface area contributed by atoms with E-state index in [2.05, 4.69) is 54.4 Å². The van der Waals surface area contributed by atoms with Gasteiger partial charge in [-0.1, -0.05) is 54.4 Å². The molecule has 0 radical (unpaired) electrons. The van der Waals surface area contributed by atoms with Crippen molar-refractivity contribution in [3.8, 4) is 0 Å². The van der Waals surface area contributed by atoms with Gasteiger partial charge in [-0.2, -0.15) is 0 Å². The Balaban J connectivity index is 2.82. The Morgan fingerprint density at radius 3 is 2.25 bits per heavy atom. The molecule has 0 amide bonds. The van der Waals surface area contributed by atoms with Crippen LogP contribution in [0.25, 0.3) is 0 Å². The van der Waals surface area contributed by atoms with Crippen LogP contribution in [0.15, 0.2) is 37.7 Å². The lowest BCUT2D eigenvalue weighted by atomic mass is 10.2. The summed E-state index contributed by atoms with van der Waals surface area (Å²) in [4.78, 5) is 11.2. The number of carbonyl (C=O) groups excluding carboxylic acids is 1. The van der Waals surface area contributed by atoms with Crippen LogP contribution in [0, 0.1) is 0 Å². The molecule has 1 aromatic rings. The molecule has 86 valence electrons. The van der Waals surface area contributed by atoms with Crippen molar-refractivity contribution in [2.75, 3.05) is 0 Å². The molecule has 0 aromatic heterocycles. The van der Waals surface area contributed by atoms with Gasteiger partial charge in [-0.25, -0.2) is 4.79 Å². The summed E-state index contributed by atoms with van der Waals surface area (Å²) in [6.45, 7) is 5.35. The molecule has 1 aromatic carbocycles. The maximum Gasteiger partial charge on any atom is 0.333 e. The molecule has 0 aliphatic heterocycles. The van der Waals surface area contributed by atoms with E-state index < -0.39 is 0 Å². The molecule has 0 bridgehead atoms. The molecule has 0 heterocycles. The number of esters is 1. The van der Waals surface area contributed by atoms with E-state index in [1.165, 1.54) is 0 Å². The Bertz CT molecular complexity index is 418. The predicted molar refractivity (Wildman–Crippen MR) is 74.2 cm³/mol. The van der Waals surface area contributed by atoms with Gasteiger partial charge < -0.3 is 4.74 Å². The maximum absolute atomic E-state index is 11.2. The average Bonchev–Trinajstić information content (AvgIpc) is 2.15. The summed E-state index contributed by atoms with van der Waals surface area (Å²) in [6.07, 6.45) is 0. The van der Waals surface area contributed by atoms with Gasteiger partial charge in [0.05, 0.1) is 0 Å². The van der Waals surface area contributed by atoms with Gasteiger partial charge in [0.1, 0.15) is 6.61 Å². The van der Waals surface area contributed by atoms with Crippen molar-refractivity contribution in [2.45, 2.75) is 13.5 Å². The van der Waals surface area contributed by atoms with E-state index in [0.717, 1.165) is 19.0 Å². The SMILES string of the molecule is C=C(C)C(=O)OCc1c(Br)cc(Br)cc1Br. The van der Waals surface area contributed by atoms with Crippen LogP contribution in [0.2, 0.25) is 0 Å². The van der Waals surface area contributed by atoms with Crippen LogP contribution in [0.5, 0.6) is 0 Å². The Hall–Kier alpha value is -0.130. The highest BCUT2D eigenvalue weighted by Crippen LogP contribution is 2.30. The van der Waals surface area contributed by atoms with Gasteiger partial charge in [-0.05, 0) is 19.1 Å². The second-order valence-electron chi connectivity index (χ2n) is 3.20. The molecule has 0 N–H and O–H groups in total. The van der Waals surface area contributed by atoms with Crippen LogP contribution in [0.4, 0.5) is 0 Å². The topological polar surface area (TPSA) is 26.3 Å². The van der Waals surface area contributed by atoms with Crippen LogP contribution in [-0.4, -0.2) is 5.97 Å².